The molecule has 0 aliphatic rings. The van der Waals surface area contributed by atoms with Crippen molar-refractivity contribution < 1.29 is 0 Å². The summed E-state index contributed by atoms with van der Waals surface area (Å²) >= 11 is 3.61. The molecule has 0 spiro atoms. The van der Waals surface area contributed by atoms with E-state index >= 15 is 0 Å². The molecule has 3 aromatic heterocycles. The quantitative estimate of drug-likeness (QED) is 0.281. The fourth-order valence-electron chi connectivity index (χ4n) is 4.86. The van der Waals surface area contributed by atoms with Crippen molar-refractivity contribution in [2.45, 2.75) is 0 Å². The third kappa shape index (κ3) is 2.48. The molecule has 0 bridgehead atoms. The van der Waals surface area contributed by atoms with Gasteiger partial charge in [0.05, 0.1) is 5.52 Å². The highest BCUT2D eigenvalue weighted by Crippen LogP contribution is 2.45. The first kappa shape index (κ1) is 17.3. The first-order valence-corrected chi connectivity index (χ1v) is 12.1. The largest absolute Gasteiger partial charge is 0.354 e. The van der Waals surface area contributed by atoms with E-state index in [1.165, 1.54) is 64.2 Å². The lowest BCUT2D eigenvalue weighted by molar-refractivity contribution is 1.54. The topological polar surface area (TPSA) is 15.8 Å². The maximum atomic E-state index is 3.76. The Balaban J connectivity index is 1.69. The summed E-state index contributed by atoms with van der Waals surface area (Å²) in [7, 11) is 0. The number of hydrogen-bond acceptors (Lipinski definition) is 2. The minimum Gasteiger partial charge on any atom is -0.354 e. The van der Waals surface area contributed by atoms with Crippen LogP contribution in [0.25, 0.3) is 64.2 Å². The van der Waals surface area contributed by atoms with Crippen LogP contribution in [0.3, 0.4) is 0 Å². The van der Waals surface area contributed by atoms with Crippen molar-refractivity contribution in [2.75, 3.05) is 0 Å². The van der Waals surface area contributed by atoms with E-state index in [4.69, 9.17) is 0 Å². The molecular formula is C28H17NS2. The van der Waals surface area contributed by atoms with Gasteiger partial charge < -0.3 is 4.98 Å². The zero-order valence-electron chi connectivity index (χ0n) is 16.6. The highest BCUT2D eigenvalue weighted by molar-refractivity contribution is 7.17. The van der Waals surface area contributed by atoms with Gasteiger partial charge in [0, 0.05) is 42.0 Å². The van der Waals surface area contributed by atoms with Crippen molar-refractivity contribution in [1.29, 1.82) is 0 Å². The third-order valence-electron chi connectivity index (χ3n) is 6.23. The monoisotopic (exact) mass is 431 g/mol. The first-order chi connectivity index (χ1) is 15.4. The molecule has 3 heterocycles. The summed E-state index contributed by atoms with van der Waals surface area (Å²) < 4.78 is 2.65. The van der Waals surface area contributed by atoms with Crippen molar-refractivity contribution in [3.8, 4) is 22.3 Å². The number of fused-ring (bicyclic) bond motifs is 5. The molecule has 0 radical (unpaired) electrons. The lowest BCUT2D eigenvalue weighted by Crippen LogP contribution is -1.89. The van der Waals surface area contributed by atoms with Gasteiger partial charge in [0.2, 0.25) is 0 Å². The second kappa shape index (κ2) is 6.55. The summed E-state index contributed by atoms with van der Waals surface area (Å²) in [6.07, 6.45) is 0. The predicted molar refractivity (Wildman–Crippen MR) is 137 cm³/mol. The summed E-state index contributed by atoms with van der Waals surface area (Å²) in [6.45, 7) is 0. The first-order valence-electron chi connectivity index (χ1n) is 10.3. The highest BCUT2D eigenvalue weighted by Gasteiger charge is 2.18. The normalized spacial score (nSPS) is 11.9. The van der Waals surface area contributed by atoms with Crippen LogP contribution in [0.5, 0.6) is 0 Å². The average Bonchev–Trinajstić information content (AvgIpc) is 3.55. The van der Waals surface area contributed by atoms with Crippen LogP contribution in [0.15, 0.2) is 95.7 Å². The number of para-hydroxylation sites is 1. The van der Waals surface area contributed by atoms with Crippen molar-refractivity contribution in [2.24, 2.45) is 0 Å². The number of hydrogen-bond donors (Lipinski definition) is 1. The molecule has 0 saturated carbocycles. The van der Waals surface area contributed by atoms with Crippen molar-refractivity contribution >= 4 is 64.7 Å². The van der Waals surface area contributed by atoms with Crippen LogP contribution in [0.1, 0.15) is 0 Å². The predicted octanol–water partition coefficient (Wildman–Crippen LogP) is 9.08. The Morgan fingerprint density at radius 1 is 0.484 bits per heavy atom. The molecule has 1 N–H and O–H groups in total. The lowest BCUT2D eigenvalue weighted by Gasteiger charge is -2.14. The fourth-order valence-corrected chi connectivity index (χ4v) is 6.49. The van der Waals surface area contributed by atoms with Gasteiger partial charge in [-0.05, 0) is 57.8 Å². The Morgan fingerprint density at radius 2 is 1.19 bits per heavy atom. The molecule has 1 nitrogen and oxygen atoms in total. The van der Waals surface area contributed by atoms with Crippen molar-refractivity contribution in [1.82, 2.24) is 4.98 Å². The van der Waals surface area contributed by atoms with Crippen LogP contribution in [-0.4, -0.2) is 4.98 Å². The number of nitrogens with one attached hydrogen (secondary N) is 1. The number of aromatic amines is 1. The number of rotatable bonds is 2. The van der Waals surface area contributed by atoms with E-state index < -0.39 is 0 Å². The maximum Gasteiger partial charge on any atom is 0.0551 e. The van der Waals surface area contributed by atoms with Gasteiger partial charge in [-0.25, -0.2) is 0 Å². The van der Waals surface area contributed by atoms with E-state index in [1.807, 2.05) is 0 Å². The minimum absolute atomic E-state index is 1.18. The fraction of sp³-hybridized carbons (Fsp3) is 0. The van der Waals surface area contributed by atoms with Gasteiger partial charge in [0.1, 0.15) is 0 Å². The molecule has 31 heavy (non-hydrogen) atoms. The van der Waals surface area contributed by atoms with Gasteiger partial charge in [-0.15, -0.1) is 22.7 Å². The SMILES string of the molecule is c1ccc2c(c1)[nH]c1c(-c3cccc4sccc34)c(-c3cccc4sccc34)ccc12. The number of thiophene rings is 2. The van der Waals surface area contributed by atoms with Crippen LogP contribution < -0.4 is 0 Å². The van der Waals surface area contributed by atoms with Gasteiger partial charge in [-0.3, -0.25) is 0 Å². The summed E-state index contributed by atoms with van der Waals surface area (Å²) in [5.41, 5.74) is 7.55. The molecule has 7 aromatic rings. The van der Waals surface area contributed by atoms with Crippen LogP contribution in [0.2, 0.25) is 0 Å². The lowest BCUT2D eigenvalue weighted by atomic mass is 9.89. The molecule has 3 heteroatoms. The van der Waals surface area contributed by atoms with Crippen LogP contribution in [-0.2, 0) is 0 Å². The van der Waals surface area contributed by atoms with E-state index in [1.54, 1.807) is 22.7 Å². The number of benzene rings is 4. The molecule has 0 saturated heterocycles. The van der Waals surface area contributed by atoms with Gasteiger partial charge in [-0.2, -0.15) is 0 Å². The van der Waals surface area contributed by atoms with E-state index in [9.17, 15) is 0 Å². The Morgan fingerprint density at radius 3 is 2.00 bits per heavy atom. The maximum absolute atomic E-state index is 3.76. The van der Waals surface area contributed by atoms with E-state index in [-0.39, 0.29) is 0 Å². The van der Waals surface area contributed by atoms with Gasteiger partial charge in [-0.1, -0.05) is 54.6 Å². The zero-order valence-corrected chi connectivity index (χ0v) is 18.2. The van der Waals surface area contributed by atoms with E-state index in [0.717, 1.165) is 0 Å². The van der Waals surface area contributed by atoms with Gasteiger partial charge in [0.15, 0.2) is 0 Å². The van der Waals surface area contributed by atoms with Crippen LogP contribution in [0.4, 0.5) is 0 Å². The summed E-state index contributed by atoms with van der Waals surface area (Å²) in [5, 5.41) is 9.57. The molecule has 146 valence electrons. The second-order valence-corrected chi connectivity index (χ2v) is 9.75. The second-order valence-electron chi connectivity index (χ2n) is 7.86. The molecule has 0 aliphatic carbocycles. The van der Waals surface area contributed by atoms with Crippen molar-refractivity contribution in [3.63, 3.8) is 0 Å². The standard InChI is InChI=1S/C28H17NS2/c1-2-8-24-18(5-1)23-12-11-22(17-6-3-9-25-19(17)13-15-30-25)27(28(23)29-24)21-7-4-10-26-20(21)14-16-31-26/h1-16,29H. The summed E-state index contributed by atoms with van der Waals surface area (Å²) in [4.78, 5) is 3.76. The Kier molecular flexibility index (Phi) is 3.65. The highest BCUT2D eigenvalue weighted by atomic mass is 32.1. The van der Waals surface area contributed by atoms with Gasteiger partial charge in [0.25, 0.3) is 0 Å². The molecule has 0 aliphatic heterocycles. The summed E-state index contributed by atoms with van der Waals surface area (Å²) in [6, 6.07) is 31.0. The minimum atomic E-state index is 1.18. The molecule has 0 atom stereocenters. The smallest absolute Gasteiger partial charge is 0.0551 e. The molecule has 4 aromatic carbocycles. The molecule has 7 rings (SSSR count). The molecule has 0 unspecified atom stereocenters. The molecule has 0 amide bonds. The average molecular weight is 432 g/mol. The van der Waals surface area contributed by atoms with Gasteiger partial charge >= 0.3 is 0 Å². The van der Waals surface area contributed by atoms with Crippen LogP contribution in [0, 0.1) is 0 Å². The molecule has 0 fully saturated rings. The Labute approximate surface area is 187 Å². The Bertz CT molecular complexity index is 1750. The number of H-pyrrole nitrogens is 1. The van der Waals surface area contributed by atoms with E-state index in [2.05, 4.69) is 101 Å². The van der Waals surface area contributed by atoms with E-state index in [0.29, 0.717) is 0 Å². The molecular weight excluding hydrogens is 414 g/mol. The van der Waals surface area contributed by atoms with Crippen LogP contribution >= 0.6 is 22.7 Å². The summed E-state index contributed by atoms with van der Waals surface area (Å²) in [5.74, 6) is 0. The van der Waals surface area contributed by atoms with Crippen molar-refractivity contribution in [3.05, 3.63) is 95.7 Å². The number of aromatic nitrogens is 1. The third-order valence-corrected chi connectivity index (χ3v) is 8.00. The Hall–Kier alpha value is -3.40. The zero-order chi connectivity index (χ0) is 20.4.